The monoisotopic (exact) mass is 1240 g/mol. The van der Waals surface area contributed by atoms with Crippen LogP contribution in [0.4, 0.5) is 37.7 Å². The van der Waals surface area contributed by atoms with Gasteiger partial charge in [-0.15, -0.1) is 0 Å². The minimum Gasteiger partial charge on any atom is -0.475 e. The number of benzene rings is 4. The fourth-order valence-electron chi connectivity index (χ4n) is 11.1. The van der Waals surface area contributed by atoms with E-state index in [-0.39, 0.29) is 17.2 Å². The van der Waals surface area contributed by atoms with Crippen molar-refractivity contribution in [1.29, 1.82) is 0 Å². The molecule has 4 aromatic rings. The largest absolute Gasteiger partial charge is 0.490 e. The minimum absolute atomic E-state index is 0.0502. The summed E-state index contributed by atoms with van der Waals surface area (Å²) in [6.45, 7) is 13.6. The number of nitrogens with one attached hydrogen (secondary N) is 1. The average Bonchev–Trinajstić information content (AvgIpc) is 3.40. The molecule has 444 valence electrons. The molecule has 6 aliphatic rings. The third kappa shape index (κ3) is 15.1. The average molecular weight is 1240 g/mol. The van der Waals surface area contributed by atoms with Gasteiger partial charge < -0.3 is 30.0 Å². The molecule has 16 nitrogen and oxygen atoms in total. The number of alkyl halides is 6. The zero-order valence-corrected chi connectivity index (χ0v) is 49.1. The van der Waals surface area contributed by atoms with Crippen molar-refractivity contribution < 1.29 is 62.7 Å². The molecular weight excluding hydrogens is 1170 g/mol. The molecule has 2 spiro atoms. The van der Waals surface area contributed by atoms with Crippen molar-refractivity contribution in [2.45, 2.75) is 66.8 Å². The summed E-state index contributed by atoms with van der Waals surface area (Å²) in [6.07, 6.45) is -4.93. The number of carbonyl (C=O) groups excluding carboxylic acids is 2. The fraction of sp³-hybridized carbons (Fsp3) is 0.500. The van der Waals surface area contributed by atoms with Gasteiger partial charge in [-0.05, 0) is 98.2 Å². The summed E-state index contributed by atoms with van der Waals surface area (Å²) >= 11 is 12.8. The van der Waals surface area contributed by atoms with Crippen LogP contribution in [0.1, 0.15) is 57.5 Å². The Labute approximate surface area is 482 Å². The highest BCUT2D eigenvalue weighted by Crippen LogP contribution is 2.52. The van der Waals surface area contributed by atoms with Crippen LogP contribution in [0.15, 0.2) is 94.7 Å². The van der Waals surface area contributed by atoms with Crippen LogP contribution in [0.2, 0.25) is 10.0 Å². The Bertz CT molecular complexity index is 3150. The molecule has 0 unspecified atom stereocenters. The molecule has 2 saturated carbocycles. The lowest BCUT2D eigenvalue weighted by Crippen LogP contribution is -2.68. The summed E-state index contributed by atoms with van der Waals surface area (Å²) in [5, 5.41) is 11.6. The molecule has 10 rings (SSSR count). The molecule has 0 aromatic heterocycles. The van der Waals surface area contributed by atoms with Crippen LogP contribution >= 0.6 is 33.9 Å². The summed E-state index contributed by atoms with van der Waals surface area (Å²) in [7, 11) is 4.02. The van der Waals surface area contributed by atoms with Gasteiger partial charge in [-0.2, -0.15) is 30.6 Å². The van der Waals surface area contributed by atoms with Gasteiger partial charge in [0.2, 0.25) is 10.0 Å². The van der Waals surface area contributed by atoms with Gasteiger partial charge in [0.1, 0.15) is 0 Å². The van der Waals surface area contributed by atoms with Crippen molar-refractivity contribution in [3.05, 3.63) is 117 Å². The first-order chi connectivity index (χ1) is 37.7. The number of aliphatic carboxylic acids is 1. The normalized spacial score (nSPS) is 19.4. The molecule has 81 heavy (non-hydrogen) atoms. The predicted octanol–water partition coefficient (Wildman–Crippen LogP) is 8.51. The van der Waals surface area contributed by atoms with Crippen molar-refractivity contribution in [2.75, 3.05) is 117 Å². The Hall–Kier alpha value is -4.92. The number of hydrogen-bond donors (Lipinski definition) is 2. The van der Waals surface area contributed by atoms with Gasteiger partial charge in [0.15, 0.2) is 0 Å². The number of rotatable bonds is 9. The number of carboxylic acid groups (broad SMARTS) is 1. The van der Waals surface area contributed by atoms with Gasteiger partial charge in [-0.1, -0.05) is 53.5 Å². The van der Waals surface area contributed by atoms with E-state index >= 15 is 0 Å². The van der Waals surface area contributed by atoms with Crippen LogP contribution in [0.25, 0.3) is 0 Å². The topological polar surface area (TPSA) is 174 Å². The molecule has 4 aliphatic heterocycles. The second-order valence-corrected chi connectivity index (χ2v) is 27.0. The fourth-order valence-corrected chi connectivity index (χ4v) is 14.6. The van der Waals surface area contributed by atoms with Gasteiger partial charge in [-0.3, -0.25) is 19.4 Å². The first-order valence-corrected chi connectivity index (χ1v) is 30.4. The Morgan fingerprint density at radius 3 is 1.35 bits per heavy atom. The lowest BCUT2D eigenvalue weighted by atomic mass is 9.61. The van der Waals surface area contributed by atoms with Gasteiger partial charge >= 0.3 is 18.3 Å². The Balaban J connectivity index is 0.000000178. The van der Waals surface area contributed by atoms with Gasteiger partial charge in [-0.25, -0.2) is 21.6 Å². The van der Waals surface area contributed by atoms with Gasteiger partial charge in [0.05, 0.1) is 36.5 Å². The van der Waals surface area contributed by atoms with E-state index in [1.165, 1.54) is 36.9 Å². The van der Waals surface area contributed by atoms with E-state index in [2.05, 4.69) is 24.9 Å². The molecule has 2 amide bonds. The maximum absolute atomic E-state index is 13.0. The van der Waals surface area contributed by atoms with E-state index in [0.717, 1.165) is 100 Å². The zero-order valence-electron chi connectivity index (χ0n) is 45.2. The number of carboxylic acids is 1. The van der Waals surface area contributed by atoms with E-state index in [4.69, 9.17) is 43.8 Å². The smallest absolute Gasteiger partial charge is 0.475 e. The number of anilines is 2. The summed E-state index contributed by atoms with van der Waals surface area (Å²) in [5.41, 5.74) is 3.61. The molecule has 0 bridgehead atoms. The van der Waals surface area contributed by atoms with E-state index < -0.39 is 47.9 Å². The number of amides is 2. The van der Waals surface area contributed by atoms with Gasteiger partial charge in [0, 0.05) is 146 Å². The zero-order chi connectivity index (χ0) is 59.6. The number of hydrogen-bond acceptors (Lipinski definition) is 12. The van der Waals surface area contributed by atoms with E-state index in [0.29, 0.717) is 56.7 Å². The molecule has 0 radical (unpaired) electrons. The lowest BCUT2D eigenvalue weighted by molar-refractivity contribution is -0.192. The number of halogens is 9. The van der Waals surface area contributed by atoms with E-state index in [9.17, 15) is 52.8 Å². The molecule has 2 N–H and O–H groups in total. The molecule has 2 aliphatic carbocycles. The van der Waals surface area contributed by atoms with Crippen LogP contribution in [-0.4, -0.2) is 189 Å². The van der Waals surface area contributed by atoms with Crippen molar-refractivity contribution in [1.82, 2.24) is 29.2 Å². The van der Waals surface area contributed by atoms with Crippen LogP contribution < -0.4 is 15.1 Å². The number of carbonyl (C=O) groups is 3. The van der Waals surface area contributed by atoms with Crippen molar-refractivity contribution in [3.63, 3.8) is 0 Å². The Morgan fingerprint density at radius 1 is 0.617 bits per heavy atom. The molecule has 4 saturated heterocycles. The Morgan fingerprint density at radius 2 is 1.01 bits per heavy atom. The minimum atomic E-state index is -5.08. The highest BCUT2D eigenvalue weighted by molar-refractivity contribution is 8.13. The summed E-state index contributed by atoms with van der Waals surface area (Å²) in [4.78, 5) is 45.8. The lowest BCUT2D eigenvalue weighted by Gasteiger charge is -2.61. The van der Waals surface area contributed by atoms with Crippen molar-refractivity contribution >= 4 is 82.1 Å². The summed E-state index contributed by atoms with van der Waals surface area (Å²) < 4.78 is 118. The first-order valence-electron chi connectivity index (χ1n) is 25.9. The molecule has 27 heteroatoms. The number of nitrogens with zero attached hydrogens (tertiary/aromatic N) is 7. The van der Waals surface area contributed by atoms with Crippen LogP contribution in [-0.2, 0) is 30.0 Å². The Kier molecular flexibility index (Phi) is 19.7. The van der Waals surface area contributed by atoms with Crippen molar-refractivity contribution in [3.8, 4) is 0 Å². The molecule has 6 fully saturated rings. The second-order valence-electron chi connectivity index (χ2n) is 21.8. The highest BCUT2D eigenvalue weighted by Gasteiger charge is 2.57. The molecule has 0 atom stereocenters. The van der Waals surface area contributed by atoms with E-state index in [1.807, 2.05) is 55.5 Å². The van der Waals surface area contributed by atoms with Crippen LogP contribution in [0, 0.1) is 17.8 Å². The van der Waals surface area contributed by atoms with Crippen LogP contribution in [0.5, 0.6) is 0 Å². The summed E-state index contributed by atoms with van der Waals surface area (Å²) in [6, 6.07) is 23.8. The number of aryl methyl sites for hydroxylation is 1. The SMILES string of the molecule is CN(C)C(=O)c1ccc(N2CCN(C3CC4(CNC4)C3)CC2)cc1Cl.Cc1ccccc1S(=O)(=O)N1CC2(CC(N3CCN(c4ccc(C(=O)N(C)C)c(Cl)c4)CC3)C2)C1.O=C(O)C(F)(F)F.O=S(=O)(Cl)c1ccccc1C(F)(F)F. The predicted molar refractivity (Wildman–Crippen MR) is 298 cm³/mol. The third-order valence-corrected chi connectivity index (χ3v) is 19.6. The van der Waals surface area contributed by atoms with Gasteiger partial charge in [0.25, 0.3) is 20.9 Å². The standard InChI is InChI=1S/C26H33ClN4O3S.C19H27ClN4O.C7H4ClF3O2S.C2HF3O2/c1-19-6-4-5-7-24(19)35(33,34)31-17-26(18-31)15-21(16-26)30-12-10-29(11-13-30)20-8-9-22(23(27)14-20)25(32)28(2)3;1-22(2)18(25)16-4-3-14(9-17(16)20)23-5-7-24(8-6-23)15-10-19(11-15)12-21-13-19;8-14(12,13)6-4-2-1-3-5(6)7(9,10)11;3-2(4,5)1(6)7/h4-9,14,21H,10-13,15-18H2,1-3H3;3-4,9,15,21H,5-8,10-13H2,1-2H3;1-4H;(H,6,7). The maximum Gasteiger partial charge on any atom is 0.490 e. The number of piperazine rings is 2. The molecular formula is C54H65Cl3F6N8O8S2. The number of sulfonamides is 1. The quantitative estimate of drug-likeness (QED) is 0.121. The highest BCUT2D eigenvalue weighted by atomic mass is 35.7. The molecule has 4 aromatic carbocycles. The van der Waals surface area contributed by atoms with Crippen LogP contribution in [0.3, 0.4) is 0 Å². The van der Waals surface area contributed by atoms with E-state index in [1.54, 1.807) is 49.5 Å². The third-order valence-electron chi connectivity index (χ3n) is 15.7. The van der Waals surface area contributed by atoms with Crippen molar-refractivity contribution in [2.24, 2.45) is 10.8 Å². The second kappa shape index (κ2) is 25.1. The maximum atomic E-state index is 13.0. The first kappa shape index (κ1) is 63.7. The molecule has 4 heterocycles. The summed E-state index contributed by atoms with van der Waals surface area (Å²) in [5.74, 6) is -2.90.